The van der Waals surface area contributed by atoms with Crippen LogP contribution in [0.5, 0.6) is 0 Å². The largest absolute Gasteiger partial charge is 0.465 e. The fourth-order valence-electron chi connectivity index (χ4n) is 1.62. The fourth-order valence-corrected chi connectivity index (χ4v) is 2.54. The molecule has 0 N–H and O–H groups in total. The second-order valence-corrected chi connectivity index (χ2v) is 4.22. The molecule has 0 radical (unpaired) electrons. The molecular formula is C12H10O4S. The molecule has 0 atom stereocenters. The minimum atomic E-state index is -0.412. The number of ether oxygens (including phenoxy) is 2. The monoisotopic (exact) mass is 250 g/mol. The Morgan fingerprint density at radius 1 is 1.00 bits per heavy atom. The summed E-state index contributed by atoms with van der Waals surface area (Å²) in [5, 5.41) is 2.54. The van der Waals surface area contributed by atoms with E-state index in [1.54, 1.807) is 18.2 Å². The topological polar surface area (TPSA) is 52.6 Å². The van der Waals surface area contributed by atoms with Crippen LogP contribution >= 0.6 is 11.3 Å². The van der Waals surface area contributed by atoms with E-state index in [-0.39, 0.29) is 0 Å². The van der Waals surface area contributed by atoms with Crippen LogP contribution in [-0.2, 0) is 9.47 Å². The normalized spacial score (nSPS) is 10.2. The maximum absolute atomic E-state index is 11.5. The lowest BCUT2D eigenvalue weighted by atomic mass is 10.1. The van der Waals surface area contributed by atoms with E-state index in [1.165, 1.54) is 25.6 Å². The fraction of sp³-hybridized carbons (Fsp3) is 0.167. The van der Waals surface area contributed by atoms with Gasteiger partial charge in [0.2, 0.25) is 0 Å². The molecule has 0 aliphatic carbocycles. The number of carbonyl (C=O) groups is 2. The molecule has 0 spiro atoms. The number of fused-ring (bicyclic) bond motifs is 1. The van der Waals surface area contributed by atoms with E-state index in [0.29, 0.717) is 16.5 Å². The van der Waals surface area contributed by atoms with Gasteiger partial charge < -0.3 is 9.47 Å². The summed E-state index contributed by atoms with van der Waals surface area (Å²) in [5.74, 6) is -0.821. The average molecular weight is 250 g/mol. The van der Waals surface area contributed by atoms with Crippen molar-refractivity contribution in [2.75, 3.05) is 14.2 Å². The maximum Gasteiger partial charge on any atom is 0.339 e. The van der Waals surface area contributed by atoms with Gasteiger partial charge in [-0.05, 0) is 23.6 Å². The number of thiophene rings is 1. The summed E-state index contributed by atoms with van der Waals surface area (Å²) in [6, 6.07) is 4.95. The quantitative estimate of drug-likeness (QED) is 0.768. The summed E-state index contributed by atoms with van der Waals surface area (Å²) in [7, 11) is 2.66. The van der Waals surface area contributed by atoms with Crippen LogP contribution < -0.4 is 0 Å². The lowest BCUT2D eigenvalue weighted by Gasteiger charge is -2.04. The Kier molecular flexibility index (Phi) is 3.10. The van der Waals surface area contributed by atoms with Crippen LogP contribution in [0.3, 0.4) is 0 Å². The van der Waals surface area contributed by atoms with Crippen molar-refractivity contribution >= 4 is 33.4 Å². The van der Waals surface area contributed by atoms with E-state index >= 15 is 0 Å². The van der Waals surface area contributed by atoms with Crippen molar-refractivity contribution in [1.82, 2.24) is 0 Å². The van der Waals surface area contributed by atoms with Crippen LogP contribution in [0.4, 0.5) is 0 Å². The van der Waals surface area contributed by atoms with Gasteiger partial charge in [0.15, 0.2) is 0 Å². The zero-order chi connectivity index (χ0) is 12.4. The number of rotatable bonds is 2. The number of hydrogen-bond acceptors (Lipinski definition) is 5. The molecule has 1 heterocycles. The molecule has 1 aromatic carbocycles. The molecule has 0 saturated heterocycles. The second kappa shape index (κ2) is 4.55. The number of hydrogen-bond donors (Lipinski definition) is 0. The molecule has 2 aromatic rings. The summed E-state index contributed by atoms with van der Waals surface area (Å²) < 4.78 is 10.1. The predicted octanol–water partition coefficient (Wildman–Crippen LogP) is 2.47. The van der Waals surface area contributed by atoms with Crippen LogP contribution in [0, 0.1) is 0 Å². The highest BCUT2D eigenvalue weighted by Crippen LogP contribution is 2.29. The minimum absolute atomic E-state index is 0.408. The second-order valence-electron chi connectivity index (χ2n) is 3.31. The van der Waals surface area contributed by atoms with Crippen molar-refractivity contribution in [3.05, 3.63) is 34.7 Å². The molecule has 0 fully saturated rings. The highest BCUT2D eigenvalue weighted by Gasteiger charge is 2.17. The van der Waals surface area contributed by atoms with Gasteiger partial charge in [0.25, 0.3) is 0 Å². The third kappa shape index (κ3) is 1.89. The Balaban J connectivity index is 2.67. The van der Waals surface area contributed by atoms with Gasteiger partial charge in [-0.1, -0.05) is 0 Å². The first-order valence-corrected chi connectivity index (χ1v) is 5.74. The average Bonchev–Trinajstić information content (AvgIpc) is 2.84. The van der Waals surface area contributed by atoms with Gasteiger partial charge in [-0.25, -0.2) is 9.59 Å². The molecule has 0 amide bonds. The highest BCUT2D eigenvalue weighted by atomic mass is 32.1. The van der Waals surface area contributed by atoms with Crippen LogP contribution in [0.2, 0.25) is 0 Å². The zero-order valence-electron chi connectivity index (χ0n) is 9.35. The van der Waals surface area contributed by atoms with Crippen molar-refractivity contribution in [2.24, 2.45) is 0 Å². The highest BCUT2D eigenvalue weighted by molar-refractivity contribution is 7.17. The molecule has 0 saturated carbocycles. The van der Waals surface area contributed by atoms with Crippen LogP contribution in [0.15, 0.2) is 23.6 Å². The molecule has 0 aliphatic heterocycles. The Morgan fingerprint density at radius 3 is 2.24 bits per heavy atom. The van der Waals surface area contributed by atoms with Crippen molar-refractivity contribution in [2.45, 2.75) is 0 Å². The predicted molar refractivity (Wildman–Crippen MR) is 64.5 cm³/mol. The first-order valence-electron chi connectivity index (χ1n) is 4.86. The van der Waals surface area contributed by atoms with Gasteiger partial charge in [0.05, 0.1) is 25.3 Å². The third-order valence-corrected chi connectivity index (χ3v) is 3.38. The molecule has 4 nitrogen and oxygen atoms in total. The van der Waals surface area contributed by atoms with Crippen molar-refractivity contribution in [1.29, 1.82) is 0 Å². The molecule has 88 valence electrons. The van der Waals surface area contributed by atoms with E-state index in [1.807, 2.05) is 5.38 Å². The Bertz CT molecular complexity index is 535. The van der Waals surface area contributed by atoms with E-state index in [2.05, 4.69) is 4.74 Å². The van der Waals surface area contributed by atoms with Crippen molar-refractivity contribution in [3.8, 4) is 0 Å². The Labute approximate surface area is 102 Å². The summed E-state index contributed by atoms with van der Waals surface area (Å²) in [4.78, 5) is 23.1. The Morgan fingerprint density at radius 2 is 1.59 bits per heavy atom. The maximum atomic E-state index is 11.5. The van der Waals surface area contributed by atoms with Crippen molar-refractivity contribution < 1.29 is 19.1 Å². The Hall–Kier alpha value is -1.88. The lowest BCUT2D eigenvalue weighted by Crippen LogP contribution is -2.05. The zero-order valence-corrected chi connectivity index (χ0v) is 10.2. The van der Waals surface area contributed by atoms with Crippen LogP contribution in [0.1, 0.15) is 20.7 Å². The first kappa shape index (κ1) is 11.6. The molecule has 1 aromatic heterocycles. The third-order valence-electron chi connectivity index (χ3n) is 2.43. The molecule has 17 heavy (non-hydrogen) atoms. The van der Waals surface area contributed by atoms with Gasteiger partial charge in [-0.3, -0.25) is 0 Å². The first-order chi connectivity index (χ1) is 8.19. The molecule has 2 rings (SSSR count). The van der Waals surface area contributed by atoms with E-state index in [0.717, 1.165) is 4.70 Å². The smallest absolute Gasteiger partial charge is 0.339 e. The van der Waals surface area contributed by atoms with Gasteiger partial charge in [0.1, 0.15) is 0 Å². The van der Waals surface area contributed by atoms with E-state index in [4.69, 9.17) is 4.74 Å². The van der Waals surface area contributed by atoms with E-state index in [9.17, 15) is 9.59 Å². The van der Waals surface area contributed by atoms with Gasteiger partial charge in [0, 0.05) is 10.1 Å². The number of carbonyl (C=O) groups excluding carboxylic acids is 2. The number of esters is 2. The van der Waals surface area contributed by atoms with Crippen LogP contribution in [0.25, 0.3) is 10.1 Å². The molecular weight excluding hydrogens is 240 g/mol. The standard InChI is InChI=1S/C12H10O4S/c1-15-11(13)8-3-4-9(12(14)16-2)10-7(8)5-6-17-10/h3-6H,1-2H3. The van der Waals surface area contributed by atoms with Crippen LogP contribution in [-0.4, -0.2) is 26.2 Å². The summed E-state index contributed by atoms with van der Waals surface area (Å²) in [6.45, 7) is 0. The molecule has 5 heteroatoms. The van der Waals surface area contributed by atoms with Gasteiger partial charge in [-0.2, -0.15) is 0 Å². The SMILES string of the molecule is COC(=O)c1ccc(C(=O)OC)c2sccc12. The summed E-state index contributed by atoms with van der Waals surface area (Å²) >= 11 is 1.39. The van der Waals surface area contributed by atoms with Gasteiger partial charge >= 0.3 is 11.9 Å². The summed E-state index contributed by atoms with van der Waals surface area (Å²) in [6.07, 6.45) is 0. The van der Waals surface area contributed by atoms with Gasteiger partial charge in [-0.15, -0.1) is 11.3 Å². The van der Waals surface area contributed by atoms with E-state index < -0.39 is 11.9 Å². The number of benzene rings is 1. The number of methoxy groups -OCH3 is 2. The minimum Gasteiger partial charge on any atom is -0.465 e. The van der Waals surface area contributed by atoms with Crippen molar-refractivity contribution in [3.63, 3.8) is 0 Å². The molecule has 0 bridgehead atoms. The molecule has 0 unspecified atom stereocenters. The summed E-state index contributed by atoms with van der Waals surface area (Å²) in [5.41, 5.74) is 0.918. The molecule has 0 aliphatic rings. The lowest BCUT2D eigenvalue weighted by molar-refractivity contribution is 0.0590.